The van der Waals surface area contributed by atoms with Crippen molar-refractivity contribution >= 4 is 22.5 Å². The van der Waals surface area contributed by atoms with Gasteiger partial charge in [-0.2, -0.15) is 0 Å². The van der Waals surface area contributed by atoms with Crippen LogP contribution in [0.15, 0.2) is 35.2 Å². The molecule has 0 amide bonds. The smallest absolute Gasteiger partial charge is 0.182 e. The summed E-state index contributed by atoms with van der Waals surface area (Å²) in [5.41, 5.74) is 3.29. The van der Waals surface area contributed by atoms with Crippen LogP contribution < -0.4 is 15.1 Å². The third kappa shape index (κ3) is 2.86. The van der Waals surface area contributed by atoms with Crippen molar-refractivity contribution in [2.75, 3.05) is 49.3 Å². The van der Waals surface area contributed by atoms with Gasteiger partial charge < -0.3 is 23.7 Å². The number of nitrogens with zero attached hydrogens (tertiary/aromatic N) is 3. The van der Waals surface area contributed by atoms with Crippen molar-refractivity contribution in [3.05, 3.63) is 30.8 Å². The third-order valence-corrected chi connectivity index (χ3v) is 5.29. The Labute approximate surface area is 155 Å². The molecule has 26 heavy (non-hydrogen) atoms. The van der Waals surface area contributed by atoms with E-state index < -0.39 is 13.2 Å². The maximum Gasteiger partial charge on any atom is 0.182 e. The van der Waals surface area contributed by atoms with Gasteiger partial charge in [0.1, 0.15) is 5.52 Å². The zero-order valence-electron chi connectivity index (χ0n) is 16.5. The largest absolute Gasteiger partial charge is 0.441 e. The summed E-state index contributed by atoms with van der Waals surface area (Å²) in [6.45, 7) is 1.92. The molecule has 0 bridgehead atoms. The number of nitrogens with one attached hydrogen (secondary N) is 1. The third-order valence-electron chi connectivity index (χ3n) is 5.29. The second-order valence-electron chi connectivity index (χ2n) is 6.78. The van der Waals surface area contributed by atoms with Crippen LogP contribution in [0.25, 0.3) is 11.1 Å². The number of anilines is 2. The van der Waals surface area contributed by atoms with Crippen molar-refractivity contribution in [2.24, 2.45) is 5.92 Å². The monoisotopic (exact) mass is 358 g/mol. The molecule has 3 aliphatic rings. The SMILES string of the molecule is [2H]C1C=CN(c2ccc(N3CCC(C4OCCO4)CC3)c3ncoc23)C([2H])N1. The topological polar surface area (TPSA) is 63.0 Å². The highest BCUT2D eigenvalue weighted by Crippen LogP contribution is 2.36. The Morgan fingerprint density at radius 1 is 1.15 bits per heavy atom. The number of hydrogen-bond donors (Lipinski definition) is 1. The zero-order chi connectivity index (χ0) is 19.1. The van der Waals surface area contributed by atoms with Crippen molar-refractivity contribution in [2.45, 2.75) is 19.1 Å². The first-order valence-corrected chi connectivity index (χ1v) is 9.12. The minimum atomic E-state index is -0.742. The second-order valence-corrected chi connectivity index (χ2v) is 6.78. The average Bonchev–Trinajstić information content (AvgIpc) is 3.40. The zero-order valence-corrected chi connectivity index (χ0v) is 14.5. The van der Waals surface area contributed by atoms with Crippen molar-refractivity contribution in [1.29, 1.82) is 0 Å². The summed E-state index contributed by atoms with van der Waals surface area (Å²) in [5, 5.41) is 2.87. The van der Waals surface area contributed by atoms with Gasteiger partial charge in [0.05, 0.1) is 32.6 Å². The molecule has 7 nitrogen and oxygen atoms in total. The molecule has 2 unspecified atom stereocenters. The average molecular weight is 358 g/mol. The quantitative estimate of drug-likeness (QED) is 0.903. The molecule has 2 fully saturated rings. The van der Waals surface area contributed by atoms with Gasteiger partial charge in [0.15, 0.2) is 18.3 Å². The van der Waals surface area contributed by atoms with Crippen LogP contribution in [0.3, 0.4) is 0 Å². The van der Waals surface area contributed by atoms with Crippen LogP contribution in [0.2, 0.25) is 0 Å². The normalized spacial score (nSPS) is 29.4. The van der Waals surface area contributed by atoms with E-state index >= 15 is 0 Å². The fraction of sp³-hybridized carbons (Fsp3) is 0.526. The standard InChI is InChI=1S/C19H24N4O3/c1-6-20-12-23(7-1)16-3-2-15(17-18(16)26-13-21-17)22-8-4-14(5-9-22)19-24-10-11-25-19/h1-3,7,13-14,19-20H,4-6,8-12H2/i6D,12D. The lowest BCUT2D eigenvalue weighted by Crippen LogP contribution is -2.38. The van der Waals surface area contributed by atoms with E-state index in [4.69, 9.17) is 16.6 Å². The van der Waals surface area contributed by atoms with Crippen LogP contribution in [0.1, 0.15) is 15.6 Å². The van der Waals surface area contributed by atoms with E-state index in [9.17, 15) is 0 Å². The molecule has 3 aliphatic heterocycles. The molecule has 4 heterocycles. The Morgan fingerprint density at radius 2 is 1.96 bits per heavy atom. The van der Waals surface area contributed by atoms with E-state index in [0.717, 1.165) is 42.8 Å². The van der Waals surface area contributed by atoms with Crippen LogP contribution in [-0.2, 0) is 9.47 Å². The fourth-order valence-corrected chi connectivity index (χ4v) is 3.95. The van der Waals surface area contributed by atoms with Gasteiger partial charge in [-0.3, -0.25) is 5.32 Å². The highest BCUT2D eigenvalue weighted by molar-refractivity contribution is 5.96. The summed E-state index contributed by atoms with van der Waals surface area (Å²) in [6.07, 6.45) is 6.91. The summed E-state index contributed by atoms with van der Waals surface area (Å²) in [6, 6.07) is 4.02. The van der Waals surface area contributed by atoms with Crippen LogP contribution in [0.4, 0.5) is 11.4 Å². The summed E-state index contributed by atoms with van der Waals surface area (Å²) in [5.74, 6) is 0.442. The number of fused-ring (bicyclic) bond motifs is 1. The van der Waals surface area contributed by atoms with Gasteiger partial charge in [-0.05, 0) is 25.0 Å². The molecule has 138 valence electrons. The minimum Gasteiger partial charge on any atom is -0.441 e. The van der Waals surface area contributed by atoms with E-state index in [0.29, 0.717) is 24.7 Å². The molecular formula is C19H24N4O3. The molecule has 0 aliphatic carbocycles. The molecular weight excluding hydrogens is 332 g/mol. The molecule has 1 N–H and O–H groups in total. The number of hydrogen-bond acceptors (Lipinski definition) is 7. The van der Waals surface area contributed by atoms with Crippen LogP contribution in [0, 0.1) is 5.92 Å². The van der Waals surface area contributed by atoms with Gasteiger partial charge in [0.2, 0.25) is 0 Å². The number of oxazole rings is 1. The summed E-state index contributed by atoms with van der Waals surface area (Å²) >= 11 is 0. The van der Waals surface area contributed by atoms with E-state index in [1.165, 1.54) is 6.39 Å². The van der Waals surface area contributed by atoms with Crippen molar-refractivity contribution in [1.82, 2.24) is 10.3 Å². The van der Waals surface area contributed by atoms with Gasteiger partial charge >= 0.3 is 0 Å². The lowest BCUT2D eigenvalue weighted by Gasteiger charge is -2.35. The van der Waals surface area contributed by atoms with Crippen molar-refractivity contribution < 1.29 is 16.6 Å². The summed E-state index contributed by atoms with van der Waals surface area (Å²) in [7, 11) is 0. The predicted octanol–water partition coefficient (Wildman–Crippen LogP) is 2.30. The Hall–Kier alpha value is -2.09. The van der Waals surface area contributed by atoms with Gasteiger partial charge in [-0.15, -0.1) is 0 Å². The number of benzene rings is 1. The molecule has 1 aromatic carbocycles. The molecule has 2 aromatic rings. The molecule has 0 saturated carbocycles. The maximum atomic E-state index is 8.23. The number of ether oxygens (including phenoxy) is 2. The molecule has 2 atom stereocenters. The molecule has 7 heteroatoms. The van der Waals surface area contributed by atoms with Crippen molar-refractivity contribution in [3.8, 4) is 0 Å². The predicted molar refractivity (Wildman–Crippen MR) is 99.1 cm³/mol. The first-order valence-electron chi connectivity index (χ1n) is 10.3. The Kier molecular flexibility index (Phi) is 3.73. The lowest BCUT2D eigenvalue weighted by molar-refractivity contribution is -0.0889. The van der Waals surface area contributed by atoms with Gasteiger partial charge in [-0.25, -0.2) is 4.98 Å². The van der Waals surface area contributed by atoms with Gasteiger partial charge in [-0.1, -0.05) is 6.08 Å². The molecule has 2 saturated heterocycles. The summed E-state index contributed by atoms with van der Waals surface area (Å²) in [4.78, 5) is 8.55. The minimum absolute atomic E-state index is 0.0511. The Morgan fingerprint density at radius 3 is 2.77 bits per heavy atom. The van der Waals surface area contributed by atoms with Crippen LogP contribution >= 0.6 is 0 Å². The van der Waals surface area contributed by atoms with Crippen LogP contribution in [0.5, 0.6) is 0 Å². The number of rotatable bonds is 3. The van der Waals surface area contributed by atoms with Crippen LogP contribution in [-0.4, -0.2) is 50.7 Å². The first kappa shape index (κ1) is 14.0. The van der Waals surface area contributed by atoms with Gasteiger partial charge in [0, 0.05) is 33.1 Å². The van der Waals surface area contributed by atoms with E-state index in [1.54, 1.807) is 17.2 Å². The van der Waals surface area contributed by atoms with Crippen molar-refractivity contribution in [3.63, 3.8) is 0 Å². The highest BCUT2D eigenvalue weighted by atomic mass is 16.7. The molecule has 5 rings (SSSR count). The van der Waals surface area contributed by atoms with E-state index in [2.05, 4.69) is 21.3 Å². The maximum absolute atomic E-state index is 8.23. The van der Waals surface area contributed by atoms with Gasteiger partial charge in [0.25, 0.3) is 0 Å². The number of aromatic nitrogens is 1. The van der Waals surface area contributed by atoms with E-state index in [1.807, 2.05) is 6.07 Å². The van der Waals surface area contributed by atoms with E-state index in [-0.39, 0.29) is 6.29 Å². The highest BCUT2D eigenvalue weighted by Gasteiger charge is 2.31. The molecule has 0 spiro atoms. The molecule has 1 aromatic heterocycles. The first-order chi connectivity index (χ1) is 13.7. The Balaban J connectivity index is 1.38. The Bertz CT molecular complexity index is 862. The fourth-order valence-electron chi connectivity index (χ4n) is 3.95. The summed E-state index contributed by atoms with van der Waals surface area (Å²) < 4.78 is 33.0. The molecule has 0 radical (unpaired) electrons. The lowest BCUT2D eigenvalue weighted by atomic mass is 9.95. The second kappa shape index (κ2) is 6.90. The number of piperidine rings is 1.